The molecule has 5 nitrogen and oxygen atoms in total. The van der Waals surface area contributed by atoms with E-state index in [1.807, 2.05) is 32.9 Å². The molecule has 5 heteroatoms. The van der Waals surface area contributed by atoms with Gasteiger partial charge in [-0.2, -0.15) is 0 Å². The van der Waals surface area contributed by atoms with Gasteiger partial charge in [-0.05, 0) is 43.5 Å². The number of carbonyl (C=O) groups excluding carboxylic acids is 2. The summed E-state index contributed by atoms with van der Waals surface area (Å²) in [6.07, 6.45) is 1.07. The van der Waals surface area contributed by atoms with Crippen LogP contribution in [0, 0.1) is 20.8 Å². The molecule has 0 aromatic heterocycles. The Morgan fingerprint density at radius 1 is 1.05 bits per heavy atom. The van der Waals surface area contributed by atoms with Gasteiger partial charge in [0, 0.05) is 5.69 Å². The first-order valence-corrected chi connectivity index (χ1v) is 6.12. The molecule has 0 aliphatic rings. The van der Waals surface area contributed by atoms with Crippen molar-refractivity contribution in [1.29, 1.82) is 0 Å². The van der Waals surface area contributed by atoms with Gasteiger partial charge in [-0.1, -0.05) is 6.07 Å². The first-order valence-electron chi connectivity index (χ1n) is 6.12. The van der Waals surface area contributed by atoms with Gasteiger partial charge >= 0.3 is 11.9 Å². The summed E-state index contributed by atoms with van der Waals surface area (Å²) in [5, 5.41) is 2.92. The zero-order valence-corrected chi connectivity index (χ0v) is 12.4. The Hall–Kier alpha value is -2.30. The number of nitrogens with one attached hydrogen (secondary N) is 1. The highest BCUT2D eigenvalue weighted by molar-refractivity contribution is 5.98. The van der Waals surface area contributed by atoms with Crippen molar-refractivity contribution in [3.8, 4) is 0 Å². The third-order valence-electron chi connectivity index (χ3n) is 3.20. The van der Waals surface area contributed by atoms with E-state index in [-0.39, 0.29) is 5.70 Å². The second kappa shape index (κ2) is 6.75. The molecule has 1 aromatic rings. The van der Waals surface area contributed by atoms with Crippen molar-refractivity contribution in [2.75, 3.05) is 19.5 Å². The molecule has 108 valence electrons. The maximum absolute atomic E-state index is 11.7. The third kappa shape index (κ3) is 3.60. The lowest BCUT2D eigenvalue weighted by atomic mass is 10.0. The van der Waals surface area contributed by atoms with Crippen molar-refractivity contribution in [3.63, 3.8) is 0 Å². The van der Waals surface area contributed by atoms with E-state index in [2.05, 4.69) is 14.8 Å². The number of carbonyl (C=O) groups is 2. The molecule has 0 amide bonds. The Labute approximate surface area is 118 Å². The predicted molar refractivity (Wildman–Crippen MR) is 76.4 cm³/mol. The van der Waals surface area contributed by atoms with Crippen LogP contribution in [0.4, 0.5) is 5.69 Å². The number of methoxy groups -OCH3 is 2. The van der Waals surface area contributed by atoms with Crippen LogP contribution in [-0.4, -0.2) is 26.2 Å². The van der Waals surface area contributed by atoms with Gasteiger partial charge < -0.3 is 14.8 Å². The Balaban J connectivity index is 3.14. The predicted octanol–water partition coefficient (Wildman–Crippen LogP) is 2.25. The van der Waals surface area contributed by atoms with Crippen molar-refractivity contribution in [1.82, 2.24) is 0 Å². The summed E-state index contributed by atoms with van der Waals surface area (Å²) in [6, 6.07) is 3.80. The second-order valence-corrected chi connectivity index (χ2v) is 4.38. The SMILES string of the molecule is COC(=O)/C=C(/Nc1ccc(C)c(C)c1C)C(=O)OC. The highest BCUT2D eigenvalue weighted by Crippen LogP contribution is 2.23. The zero-order chi connectivity index (χ0) is 15.3. The highest BCUT2D eigenvalue weighted by atomic mass is 16.5. The summed E-state index contributed by atoms with van der Waals surface area (Å²) in [4.78, 5) is 23.0. The van der Waals surface area contributed by atoms with E-state index in [1.165, 1.54) is 14.2 Å². The maximum atomic E-state index is 11.7. The van der Waals surface area contributed by atoms with Gasteiger partial charge in [0.25, 0.3) is 0 Å². The molecule has 0 saturated carbocycles. The molecule has 0 radical (unpaired) electrons. The molecule has 20 heavy (non-hydrogen) atoms. The van der Waals surface area contributed by atoms with E-state index < -0.39 is 11.9 Å². The first-order chi connectivity index (χ1) is 9.40. The topological polar surface area (TPSA) is 64.6 Å². The lowest BCUT2D eigenvalue weighted by molar-refractivity contribution is -0.138. The van der Waals surface area contributed by atoms with Gasteiger partial charge in [-0.15, -0.1) is 0 Å². The van der Waals surface area contributed by atoms with Crippen molar-refractivity contribution >= 4 is 17.6 Å². The third-order valence-corrected chi connectivity index (χ3v) is 3.20. The van der Waals surface area contributed by atoms with Gasteiger partial charge in [0.1, 0.15) is 5.70 Å². The Bertz CT molecular complexity index is 561. The van der Waals surface area contributed by atoms with Crippen LogP contribution in [0.15, 0.2) is 23.9 Å². The number of esters is 2. The van der Waals surface area contributed by atoms with Gasteiger partial charge in [0.15, 0.2) is 0 Å². The smallest absolute Gasteiger partial charge is 0.354 e. The number of benzene rings is 1. The van der Waals surface area contributed by atoms with Crippen LogP contribution in [0.2, 0.25) is 0 Å². The first kappa shape index (κ1) is 15.8. The molecular formula is C15H19NO4. The van der Waals surface area contributed by atoms with Crippen LogP contribution in [0.1, 0.15) is 16.7 Å². The van der Waals surface area contributed by atoms with Gasteiger partial charge in [0.2, 0.25) is 0 Å². The largest absolute Gasteiger partial charge is 0.466 e. The van der Waals surface area contributed by atoms with E-state index in [0.717, 1.165) is 28.5 Å². The van der Waals surface area contributed by atoms with E-state index in [0.29, 0.717) is 0 Å². The monoisotopic (exact) mass is 277 g/mol. The molecule has 1 rings (SSSR count). The number of anilines is 1. The highest BCUT2D eigenvalue weighted by Gasteiger charge is 2.14. The van der Waals surface area contributed by atoms with Gasteiger partial charge in [0.05, 0.1) is 20.3 Å². The molecule has 0 saturated heterocycles. The van der Waals surface area contributed by atoms with Crippen LogP contribution in [0.3, 0.4) is 0 Å². The van der Waals surface area contributed by atoms with Gasteiger partial charge in [-0.25, -0.2) is 9.59 Å². The summed E-state index contributed by atoms with van der Waals surface area (Å²) < 4.78 is 9.17. The molecule has 0 heterocycles. The molecule has 1 N–H and O–H groups in total. The summed E-state index contributed by atoms with van der Waals surface area (Å²) in [5.74, 6) is -1.26. The minimum atomic E-state index is -0.631. The molecular weight excluding hydrogens is 258 g/mol. The van der Waals surface area contributed by atoms with E-state index in [9.17, 15) is 9.59 Å². The summed E-state index contributed by atoms with van der Waals surface area (Å²) >= 11 is 0. The fourth-order valence-electron chi connectivity index (χ4n) is 1.67. The van der Waals surface area contributed by atoms with Crippen molar-refractivity contribution in [2.45, 2.75) is 20.8 Å². The average molecular weight is 277 g/mol. The number of hydrogen-bond acceptors (Lipinski definition) is 5. The maximum Gasteiger partial charge on any atom is 0.354 e. The fraction of sp³-hybridized carbons (Fsp3) is 0.333. The summed E-state index contributed by atoms with van der Waals surface area (Å²) in [6.45, 7) is 5.95. The lowest BCUT2D eigenvalue weighted by Crippen LogP contribution is -2.16. The molecule has 0 fully saturated rings. The normalized spacial score (nSPS) is 10.9. The van der Waals surface area contributed by atoms with E-state index in [4.69, 9.17) is 0 Å². The Kier molecular flexibility index (Phi) is 5.32. The van der Waals surface area contributed by atoms with Crippen molar-refractivity contribution < 1.29 is 19.1 Å². The summed E-state index contributed by atoms with van der Waals surface area (Å²) in [5.41, 5.74) is 4.06. The fourth-order valence-corrected chi connectivity index (χ4v) is 1.67. The zero-order valence-electron chi connectivity index (χ0n) is 12.4. The van der Waals surface area contributed by atoms with Crippen molar-refractivity contribution in [2.24, 2.45) is 0 Å². The van der Waals surface area contributed by atoms with Crippen LogP contribution in [0.25, 0.3) is 0 Å². The molecule has 0 bridgehead atoms. The van der Waals surface area contributed by atoms with E-state index in [1.54, 1.807) is 0 Å². The molecule has 0 atom stereocenters. The van der Waals surface area contributed by atoms with Crippen LogP contribution in [0.5, 0.6) is 0 Å². The standard InChI is InChI=1S/C15H19NO4/c1-9-6-7-12(11(3)10(9)2)16-13(15(18)20-5)8-14(17)19-4/h6-8,16H,1-5H3/b13-8+. The number of rotatable bonds is 4. The van der Waals surface area contributed by atoms with Crippen LogP contribution in [-0.2, 0) is 19.1 Å². The molecule has 1 aromatic carbocycles. The average Bonchev–Trinajstić information content (AvgIpc) is 2.45. The molecule has 0 unspecified atom stereocenters. The van der Waals surface area contributed by atoms with Crippen LogP contribution >= 0.6 is 0 Å². The Morgan fingerprint density at radius 3 is 2.25 bits per heavy atom. The molecule has 0 aliphatic heterocycles. The molecule has 0 aliphatic carbocycles. The second-order valence-electron chi connectivity index (χ2n) is 4.38. The minimum absolute atomic E-state index is 0.0331. The van der Waals surface area contributed by atoms with E-state index >= 15 is 0 Å². The Morgan fingerprint density at radius 2 is 1.70 bits per heavy atom. The van der Waals surface area contributed by atoms with Crippen molar-refractivity contribution in [3.05, 3.63) is 40.6 Å². The molecule has 0 spiro atoms. The quantitative estimate of drug-likeness (QED) is 0.675. The number of ether oxygens (including phenoxy) is 2. The minimum Gasteiger partial charge on any atom is -0.466 e. The summed E-state index contributed by atoms with van der Waals surface area (Å²) in [7, 11) is 2.50. The van der Waals surface area contributed by atoms with Crippen LogP contribution < -0.4 is 5.32 Å². The number of aryl methyl sites for hydroxylation is 1. The lowest BCUT2D eigenvalue weighted by Gasteiger charge is -2.14. The van der Waals surface area contributed by atoms with Gasteiger partial charge in [-0.3, -0.25) is 0 Å². The number of hydrogen-bond donors (Lipinski definition) is 1.